The third kappa shape index (κ3) is 2.48. The molecule has 0 unspecified atom stereocenters. The molecular formula is C11H15ClN2O. The van der Waals surface area contributed by atoms with Crippen LogP contribution in [-0.2, 0) is 24.3 Å². The molecule has 1 aromatic heterocycles. The number of rotatable bonds is 2. The van der Waals surface area contributed by atoms with Crippen LogP contribution in [0.2, 0.25) is 5.15 Å². The Kier molecular flexibility index (Phi) is 3.24. The molecule has 2 heterocycles. The Morgan fingerprint density at radius 3 is 3.07 bits per heavy atom. The summed E-state index contributed by atoms with van der Waals surface area (Å²) in [5.74, 6) is 0. The molecule has 0 radical (unpaired) electrons. The minimum absolute atomic E-state index is 0.601. The van der Waals surface area contributed by atoms with Gasteiger partial charge in [0.2, 0.25) is 0 Å². The van der Waals surface area contributed by atoms with Crippen molar-refractivity contribution in [1.82, 2.24) is 9.88 Å². The van der Waals surface area contributed by atoms with Crippen molar-refractivity contribution >= 4 is 11.6 Å². The lowest BCUT2D eigenvalue weighted by Gasteiger charge is -2.19. The second-order valence-electron chi connectivity index (χ2n) is 4.08. The van der Waals surface area contributed by atoms with E-state index in [-0.39, 0.29) is 0 Å². The van der Waals surface area contributed by atoms with Crippen LogP contribution in [0.25, 0.3) is 0 Å². The summed E-state index contributed by atoms with van der Waals surface area (Å²) in [5.41, 5.74) is 3.38. The lowest BCUT2D eigenvalue weighted by molar-refractivity contribution is 0.110. The van der Waals surface area contributed by atoms with Crippen LogP contribution in [0.4, 0.5) is 0 Å². The van der Waals surface area contributed by atoms with E-state index < -0.39 is 0 Å². The quantitative estimate of drug-likeness (QED) is 0.720. The maximum absolute atomic E-state index is 6.12. The van der Waals surface area contributed by atoms with Crippen LogP contribution >= 0.6 is 11.6 Å². The van der Waals surface area contributed by atoms with Crippen molar-refractivity contribution in [3.8, 4) is 0 Å². The Morgan fingerprint density at radius 1 is 1.53 bits per heavy atom. The van der Waals surface area contributed by atoms with Gasteiger partial charge in [-0.1, -0.05) is 11.6 Å². The Balaban J connectivity index is 2.32. The Morgan fingerprint density at radius 2 is 2.33 bits per heavy atom. The van der Waals surface area contributed by atoms with E-state index in [1.165, 1.54) is 5.56 Å². The molecule has 4 heteroatoms. The molecule has 0 spiro atoms. The number of ether oxygens (including phenoxy) is 1. The summed E-state index contributed by atoms with van der Waals surface area (Å²) >= 11 is 6.12. The maximum Gasteiger partial charge on any atom is 0.135 e. The van der Waals surface area contributed by atoms with Crippen LogP contribution < -0.4 is 0 Å². The molecule has 0 N–H and O–H groups in total. The first kappa shape index (κ1) is 10.9. The van der Waals surface area contributed by atoms with Crippen LogP contribution in [0.15, 0.2) is 6.07 Å². The summed E-state index contributed by atoms with van der Waals surface area (Å²) < 4.78 is 5.36. The monoisotopic (exact) mass is 226 g/mol. The number of aromatic nitrogens is 1. The van der Waals surface area contributed by atoms with Crippen LogP contribution in [0.5, 0.6) is 0 Å². The normalized spacial score (nSPS) is 15.5. The zero-order valence-electron chi connectivity index (χ0n) is 9.09. The second-order valence-corrected chi connectivity index (χ2v) is 4.44. The molecule has 1 aliphatic rings. The highest BCUT2D eigenvalue weighted by atomic mass is 35.5. The fourth-order valence-corrected chi connectivity index (χ4v) is 2.07. The Labute approximate surface area is 95.0 Å². The van der Waals surface area contributed by atoms with Crippen LogP contribution in [0.3, 0.4) is 0 Å². The first-order valence-electron chi connectivity index (χ1n) is 5.06. The van der Waals surface area contributed by atoms with Gasteiger partial charge in [-0.3, -0.25) is 0 Å². The second kappa shape index (κ2) is 4.47. The molecule has 82 valence electrons. The molecule has 0 fully saturated rings. The van der Waals surface area contributed by atoms with Gasteiger partial charge in [0.15, 0.2) is 0 Å². The zero-order valence-corrected chi connectivity index (χ0v) is 9.84. The van der Waals surface area contributed by atoms with E-state index in [1.807, 2.05) is 14.1 Å². The molecule has 0 aliphatic carbocycles. The summed E-state index contributed by atoms with van der Waals surface area (Å²) in [6, 6.07) is 2.14. The van der Waals surface area contributed by atoms with Crippen molar-refractivity contribution in [3.63, 3.8) is 0 Å². The number of hydrogen-bond donors (Lipinski definition) is 0. The molecule has 0 aromatic carbocycles. The van der Waals surface area contributed by atoms with E-state index in [0.717, 1.165) is 30.8 Å². The fraction of sp³-hybridized carbons (Fsp3) is 0.545. The smallest absolute Gasteiger partial charge is 0.135 e. The van der Waals surface area contributed by atoms with Crippen molar-refractivity contribution in [2.75, 3.05) is 20.7 Å². The Bertz CT molecular complexity index is 366. The Hall–Kier alpha value is -0.640. The van der Waals surface area contributed by atoms with Crippen molar-refractivity contribution < 1.29 is 4.74 Å². The van der Waals surface area contributed by atoms with Gasteiger partial charge in [0.1, 0.15) is 5.15 Å². The highest BCUT2D eigenvalue weighted by Gasteiger charge is 2.15. The van der Waals surface area contributed by atoms with Gasteiger partial charge >= 0.3 is 0 Å². The number of pyridine rings is 1. The summed E-state index contributed by atoms with van der Waals surface area (Å²) in [6.07, 6.45) is 0.942. The maximum atomic E-state index is 6.12. The summed E-state index contributed by atoms with van der Waals surface area (Å²) in [4.78, 5) is 6.46. The molecule has 0 saturated carbocycles. The lowest BCUT2D eigenvalue weighted by Crippen LogP contribution is -2.16. The summed E-state index contributed by atoms with van der Waals surface area (Å²) in [5, 5.41) is 0.601. The third-order valence-corrected chi connectivity index (χ3v) is 2.77. The van der Waals surface area contributed by atoms with Gasteiger partial charge in [-0.2, -0.15) is 0 Å². The molecule has 0 amide bonds. The van der Waals surface area contributed by atoms with Gasteiger partial charge in [0.25, 0.3) is 0 Å². The lowest BCUT2D eigenvalue weighted by atomic mass is 10.0. The average molecular weight is 227 g/mol. The third-order valence-electron chi connectivity index (χ3n) is 2.46. The zero-order chi connectivity index (χ0) is 10.8. The topological polar surface area (TPSA) is 25.4 Å². The van der Waals surface area contributed by atoms with Gasteiger partial charge in [0.05, 0.1) is 18.9 Å². The van der Waals surface area contributed by atoms with Crippen molar-refractivity contribution in [2.45, 2.75) is 19.6 Å². The molecule has 0 bridgehead atoms. The van der Waals surface area contributed by atoms with E-state index in [0.29, 0.717) is 11.8 Å². The molecule has 0 saturated heterocycles. The number of nitrogens with zero attached hydrogens (tertiary/aromatic N) is 2. The van der Waals surface area contributed by atoms with Gasteiger partial charge in [0, 0.05) is 12.1 Å². The molecule has 2 rings (SSSR count). The van der Waals surface area contributed by atoms with Gasteiger partial charge in [-0.25, -0.2) is 4.98 Å². The van der Waals surface area contributed by atoms with Gasteiger partial charge < -0.3 is 9.64 Å². The molecule has 15 heavy (non-hydrogen) atoms. The predicted molar refractivity (Wildman–Crippen MR) is 60.0 cm³/mol. The van der Waals surface area contributed by atoms with E-state index >= 15 is 0 Å². The minimum atomic E-state index is 0.601. The minimum Gasteiger partial charge on any atom is -0.376 e. The SMILES string of the molecule is CN(C)Cc1cc2c(c(Cl)n1)COCC2. The van der Waals surface area contributed by atoms with Crippen molar-refractivity contribution in [2.24, 2.45) is 0 Å². The molecule has 0 atom stereocenters. The number of fused-ring (bicyclic) bond motifs is 1. The highest BCUT2D eigenvalue weighted by Crippen LogP contribution is 2.24. The number of halogens is 1. The summed E-state index contributed by atoms with van der Waals surface area (Å²) in [6.45, 7) is 2.21. The molecular weight excluding hydrogens is 212 g/mol. The number of hydrogen-bond acceptors (Lipinski definition) is 3. The molecule has 3 nitrogen and oxygen atoms in total. The van der Waals surface area contributed by atoms with Crippen LogP contribution in [0, 0.1) is 0 Å². The van der Waals surface area contributed by atoms with Gasteiger partial charge in [-0.15, -0.1) is 0 Å². The standard InChI is InChI=1S/C11H15ClN2O/c1-14(2)6-9-5-8-3-4-15-7-10(8)11(12)13-9/h5H,3-4,6-7H2,1-2H3. The van der Waals surface area contributed by atoms with Crippen molar-refractivity contribution in [3.05, 3.63) is 28.0 Å². The average Bonchev–Trinajstić information content (AvgIpc) is 2.16. The summed E-state index contributed by atoms with van der Waals surface area (Å²) in [7, 11) is 4.05. The first-order valence-corrected chi connectivity index (χ1v) is 5.44. The van der Waals surface area contributed by atoms with E-state index in [9.17, 15) is 0 Å². The predicted octanol–water partition coefficient (Wildman–Crippen LogP) is 1.87. The van der Waals surface area contributed by atoms with Crippen LogP contribution in [-0.4, -0.2) is 30.6 Å². The van der Waals surface area contributed by atoms with E-state index in [1.54, 1.807) is 0 Å². The van der Waals surface area contributed by atoms with E-state index in [2.05, 4.69) is 16.0 Å². The first-order chi connectivity index (χ1) is 7.16. The van der Waals surface area contributed by atoms with E-state index in [4.69, 9.17) is 16.3 Å². The van der Waals surface area contributed by atoms with Crippen molar-refractivity contribution in [1.29, 1.82) is 0 Å². The molecule has 1 aromatic rings. The van der Waals surface area contributed by atoms with Gasteiger partial charge in [-0.05, 0) is 32.1 Å². The molecule has 1 aliphatic heterocycles. The van der Waals surface area contributed by atoms with Crippen LogP contribution in [0.1, 0.15) is 16.8 Å². The fourth-order valence-electron chi connectivity index (χ4n) is 1.78. The largest absolute Gasteiger partial charge is 0.376 e. The highest BCUT2D eigenvalue weighted by molar-refractivity contribution is 6.30.